The summed E-state index contributed by atoms with van der Waals surface area (Å²) in [5, 5.41) is 0.513. The second-order valence-corrected chi connectivity index (χ2v) is 12.4. The molecule has 216 valence electrons. The van der Waals surface area contributed by atoms with Crippen LogP contribution in [-0.2, 0) is 23.7 Å². The zero-order chi connectivity index (χ0) is 29.4. The Kier molecular flexibility index (Phi) is 7.28. The van der Waals surface area contributed by atoms with Crippen LogP contribution in [-0.4, -0.2) is 30.2 Å². The monoisotopic (exact) mass is 584 g/mol. The highest BCUT2D eigenvalue weighted by Gasteiger charge is 2.26. The van der Waals surface area contributed by atoms with Gasteiger partial charge in [0.2, 0.25) is 0 Å². The Morgan fingerprint density at radius 1 is 0.905 bits per heavy atom. The fraction of sp³-hybridized carbons (Fsp3) is 0.242. The van der Waals surface area contributed by atoms with Crippen LogP contribution in [0.15, 0.2) is 94.9 Å². The van der Waals surface area contributed by atoms with Crippen LogP contribution in [0.25, 0.3) is 22.0 Å². The third-order valence-corrected chi connectivity index (χ3v) is 9.41. The van der Waals surface area contributed by atoms with Crippen molar-refractivity contribution in [1.82, 2.24) is 8.54 Å². The van der Waals surface area contributed by atoms with E-state index in [1.165, 1.54) is 10.8 Å². The summed E-state index contributed by atoms with van der Waals surface area (Å²) in [4.78, 5) is 13.5. The van der Waals surface area contributed by atoms with E-state index in [2.05, 4.69) is 0 Å². The number of hydrogen-bond acceptors (Lipinski definition) is 6. The molecule has 1 saturated carbocycles. The van der Waals surface area contributed by atoms with E-state index in [9.17, 15) is 13.2 Å². The first kappa shape index (κ1) is 27.7. The quantitative estimate of drug-likeness (QED) is 0.209. The van der Waals surface area contributed by atoms with Gasteiger partial charge in [-0.1, -0.05) is 29.8 Å². The molecule has 6 rings (SSSR count). The van der Waals surface area contributed by atoms with Crippen LogP contribution in [0.5, 0.6) is 17.2 Å². The lowest BCUT2D eigenvalue weighted by molar-refractivity contribution is 0.121. The molecule has 2 aromatic heterocycles. The van der Waals surface area contributed by atoms with Crippen LogP contribution in [0.3, 0.4) is 0 Å². The van der Waals surface area contributed by atoms with E-state index in [0.717, 1.165) is 45.7 Å². The summed E-state index contributed by atoms with van der Waals surface area (Å²) < 4.78 is 47.6. The van der Waals surface area contributed by atoms with Gasteiger partial charge in [-0.3, -0.25) is 4.79 Å². The number of benzene rings is 3. The van der Waals surface area contributed by atoms with Gasteiger partial charge in [-0.15, -0.1) is 0 Å². The minimum absolute atomic E-state index is 0.0784. The molecule has 0 amide bonds. The van der Waals surface area contributed by atoms with Crippen molar-refractivity contribution in [3.05, 3.63) is 107 Å². The predicted octanol–water partition coefficient (Wildman–Crippen LogP) is 6.07. The summed E-state index contributed by atoms with van der Waals surface area (Å²) >= 11 is 0. The highest BCUT2D eigenvalue weighted by atomic mass is 32.2. The maximum Gasteiger partial charge on any atom is 0.275 e. The van der Waals surface area contributed by atoms with E-state index in [1.807, 2.05) is 49.4 Å². The maximum absolute atomic E-state index is 13.7. The van der Waals surface area contributed by atoms with Gasteiger partial charge in [-0.25, -0.2) is 12.4 Å². The molecule has 0 spiro atoms. The van der Waals surface area contributed by atoms with Crippen molar-refractivity contribution >= 4 is 20.9 Å². The summed E-state index contributed by atoms with van der Waals surface area (Å²) in [5.74, 6) is 2.05. The van der Waals surface area contributed by atoms with E-state index in [4.69, 9.17) is 14.2 Å². The van der Waals surface area contributed by atoms with Crippen LogP contribution >= 0.6 is 0 Å². The van der Waals surface area contributed by atoms with Crippen molar-refractivity contribution in [1.29, 1.82) is 0 Å². The molecule has 0 atom stereocenters. The molecule has 3 aromatic carbocycles. The minimum atomic E-state index is -4.02. The van der Waals surface area contributed by atoms with Gasteiger partial charge in [0.05, 0.1) is 18.1 Å². The van der Waals surface area contributed by atoms with Gasteiger partial charge in [0.1, 0.15) is 29.4 Å². The number of rotatable bonds is 9. The predicted molar refractivity (Wildman–Crippen MR) is 162 cm³/mol. The van der Waals surface area contributed by atoms with Crippen molar-refractivity contribution in [3.8, 4) is 28.4 Å². The molecule has 1 aliphatic carbocycles. The summed E-state index contributed by atoms with van der Waals surface area (Å²) in [6.45, 7) is 2.24. The van der Waals surface area contributed by atoms with Crippen molar-refractivity contribution in [3.63, 3.8) is 0 Å². The van der Waals surface area contributed by atoms with Gasteiger partial charge >= 0.3 is 0 Å². The highest BCUT2D eigenvalue weighted by Crippen LogP contribution is 2.40. The van der Waals surface area contributed by atoms with E-state index in [-0.39, 0.29) is 16.5 Å². The largest absolute Gasteiger partial charge is 0.497 e. The maximum atomic E-state index is 13.7. The van der Waals surface area contributed by atoms with Crippen LogP contribution in [0.2, 0.25) is 0 Å². The van der Waals surface area contributed by atoms with E-state index in [0.29, 0.717) is 29.1 Å². The zero-order valence-electron chi connectivity index (χ0n) is 23.7. The first-order valence-corrected chi connectivity index (χ1v) is 15.3. The first-order chi connectivity index (χ1) is 20.2. The summed E-state index contributed by atoms with van der Waals surface area (Å²) in [7, 11) is -0.765. The molecule has 2 heterocycles. The Bertz CT molecular complexity index is 1920. The fourth-order valence-corrected chi connectivity index (χ4v) is 6.38. The molecular formula is C33H32N2O6S. The molecule has 1 aliphatic rings. The lowest BCUT2D eigenvalue weighted by atomic mass is 9.95. The molecule has 0 bridgehead atoms. The van der Waals surface area contributed by atoms with Gasteiger partial charge in [-0.05, 0) is 80.3 Å². The lowest BCUT2D eigenvalue weighted by Gasteiger charge is -2.28. The molecule has 0 aliphatic heterocycles. The van der Waals surface area contributed by atoms with Gasteiger partial charge in [0.15, 0.2) is 0 Å². The highest BCUT2D eigenvalue weighted by molar-refractivity contribution is 7.90. The Morgan fingerprint density at radius 2 is 1.62 bits per heavy atom. The van der Waals surface area contributed by atoms with Crippen LogP contribution in [0, 0.1) is 6.92 Å². The molecule has 1 fully saturated rings. The average Bonchev–Trinajstić information content (AvgIpc) is 3.43. The third kappa shape index (κ3) is 5.16. The lowest BCUT2D eigenvalue weighted by Crippen LogP contribution is -2.25. The van der Waals surface area contributed by atoms with E-state index < -0.39 is 15.6 Å². The molecule has 9 heteroatoms. The SMILES string of the molecule is COc1ccc(COc2ccc(OC3CCC3)c(-c3cn(C)c(=O)c4c3ccn4S(=O)(=O)c3ccc(C)cc3)c2)cc1. The standard InChI is InChI=1S/C33H32N2O6S/c1-22-7-14-27(15-8-22)42(37,38)35-18-17-28-30(20-34(2)33(36)32(28)35)29-19-26(13-16-31(29)41-25-5-4-6-25)40-21-23-9-11-24(39-3)12-10-23/h7-20,25H,4-6,21H2,1-3H3. The van der Waals surface area contributed by atoms with Gasteiger partial charge < -0.3 is 18.8 Å². The number of fused-ring (bicyclic) bond motifs is 1. The van der Waals surface area contributed by atoms with Crippen LogP contribution in [0.4, 0.5) is 0 Å². The second kappa shape index (κ2) is 11.1. The topological polar surface area (TPSA) is 88.8 Å². The Labute approximate surface area is 244 Å². The minimum Gasteiger partial charge on any atom is -0.497 e. The number of ether oxygens (including phenoxy) is 3. The molecule has 0 saturated heterocycles. The van der Waals surface area contributed by atoms with Crippen LogP contribution < -0.4 is 19.8 Å². The van der Waals surface area contributed by atoms with Gasteiger partial charge in [0, 0.05) is 36.0 Å². The van der Waals surface area contributed by atoms with E-state index in [1.54, 1.807) is 50.7 Å². The van der Waals surface area contributed by atoms with Crippen molar-refractivity contribution in [2.45, 2.75) is 43.8 Å². The van der Waals surface area contributed by atoms with Crippen molar-refractivity contribution < 1.29 is 22.6 Å². The normalized spacial score (nSPS) is 13.6. The summed E-state index contributed by atoms with van der Waals surface area (Å²) in [6, 6.07) is 21.6. The number of pyridine rings is 1. The Hall–Kier alpha value is -4.50. The summed E-state index contributed by atoms with van der Waals surface area (Å²) in [6.07, 6.45) is 6.36. The van der Waals surface area contributed by atoms with E-state index >= 15 is 0 Å². The first-order valence-electron chi connectivity index (χ1n) is 13.8. The second-order valence-electron chi connectivity index (χ2n) is 10.6. The van der Waals surface area contributed by atoms with Gasteiger partial charge in [0.25, 0.3) is 15.6 Å². The van der Waals surface area contributed by atoms with Crippen molar-refractivity contribution in [2.75, 3.05) is 7.11 Å². The zero-order valence-corrected chi connectivity index (χ0v) is 24.6. The molecule has 42 heavy (non-hydrogen) atoms. The van der Waals surface area contributed by atoms with Gasteiger partial charge in [-0.2, -0.15) is 0 Å². The molecule has 5 aromatic rings. The number of hydrogen-bond donors (Lipinski definition) is 0. The number of aromatic nitrogens is 2. The van der Waals surface area contributed by atoms with Crippen molar-refractivity contribution in [2.24, 2.45) is 7.05 Å². The Morgan fingerprint density at radius 3 is 2.29 bits per heavy atom. The molecule has 0 unspecified atom stereocenters. The number of methoxy groups -OCH3 is 1. The number of nitrogens with zero attached hydrogens (tertiary/aromatic N) is 2. The van der Waals surface area contributed by atoms with Crippen LogP contribution in [0.1, 0.15) is 30.4 Å². The molecular weight excluding hydrogens is 552 g/mol. The smallest absolute Gasteiger partial charge is 0.275 e. The summed E-state index contributed by atoms with van der Waals surface area (Å²) in [5.41, 5.74) is 2.99. The fourth-order valence-electron chi connectivity index (χ4n) is 5.04. The third-order valence-electron chi connectivity index (χ3n) is 7.72. The average molecular weight is 585 g/mol. The number of aryl methyl sites for hydroxylation is 2. The molecule has 8 nitrogen and oxygen atoms in total. The Balaban J connectivity index is 1.45. The molecule has 0 radical (unpaired) electrons. The molecule has 0 N–H and O–H groups in total.